The summed E-state index contributed by atoms with van der Waals surface area (Å²) < 4.78 is 22.7. The van der Waals surface area contributed by atoms with Crippen LogP contribution in [-0.4, -0.2) is 68.5 Å². The van der Waals surface area contributed by atoms with Gasteiger partial charge in [0.25, 0.3) is 7.82 Å². The van der Waals surface area contributed by atoms with Crippen molar-refractivity contribution in [2.75, 3.05) is 40.9 Å². The monoisotopic (exact) mass is 659 g/mol. The SMILES string of the molecule is CCCCCCCCCCCCCCCCCC/C=C/CC/C=C/C(O)C(COP(=O)([O-])OCC[N+](C)(C)C)NC(=O)CCC. The number of quaternary nitrogens is 1. The summed E-state index contributed by atoms with van der Waals surface area (Å²) in [6, 6.07) is -0.894. The Bertz CT molecular complexity index is 799. The van der Waals surface area contributed by atoms with Gasteiger partial charge in [-0.05, 0) is 32.1 Å². The zero-order chi connectivity index (χ0) is 33.7. The molecule has 45 heavy (non-hydrogen) atoms. The Kier molecular flexibility index (Phi) is 28.5. The summed E-state index contributed by atoms with van der Waals surface area (Å²) in [4.78, 5) is 24.3. The molecule has 0 spiro atoms. The number of nitrogens with zero attached hydrogens (tertiary/aromatic N) is 1. The van der Waals surface area contributed by atoms with Gasteiger partial charge in [0.05, 0.1) is 39.9 Å². The topological polar surface area (TPSA) is 108 Å². The molecule has 0 saturated heterocycles. The van der Waals surface area contributed by atoms with E-state index < -0.39 is 26.6 Å². The average molecular weight is 659 g/mol. The summed E-state index contributed by atoms with van der Waals surface area (Å²) in [5.74, 6) is -0.262. The minimum atomic E-state index is -4.56. The van der Waals surface area contributed by atoms with Crippen molar-refractivity contribution in [3.63, 3.8) is 0 Å². The Morgan fingerprint density at radius 3 is 1.76 bits per heavy atom. The molecule has 266 valence electrons. The van der Waals surface area contributed by atoms with E-state index in [2.05, 4.69) is 24.4 Å². The van der Waals surface area contributed by atoms with Crippen molar-refractivity contribution in [2.45, 2.75) is 161 Å². The summed E-state index contributed by atoms with van der Waals surface area (Å²) in [5.41, 5.74) is 0. The maximum Gasteiger partial charge on any atom is 0.268 e. The highest BCUT2D eigenvalue weighted by molar-refractivity contribution is 7.45. The second kappa shape index (κ2) is 29.1. The Hall–Kier alpha value is -1.02. The van der Waals surface area contributed by atoms with Gasteiger partial charge in [0, 0.05) is 6.42 Å². The number of aliphatic hydroxyl groups is 1. The quantitative estimate of drug-likeness (QED) is 0.0325. The van der Waals surface area contributed by atoms with Crippen LogP contribution in [0.25, 0.3) is 0 Å². The number of rotatable bonds is 32. The number of aliphatic hydroxyl groups excluding tert-OH is 1. The molecule has 0 rings (SSSR count). The molecule has 0 radical (unpaired) electrons. The number of amides is 1. The first-order valence-electron chi connectivity index (χ1n) is 18.2. The predicted molar refractivity (Wildman–Crippen MR) is 187 cm³/mol. The van der Waals surface area contributed by atoms with Gasteiger partial charge in [-0.2, -0.15) is 0 Å². The van der Waals surface area contributed by atoms with Gasteiger partial charge < -0.3 is 28.8 Å². The highest BCUT2D eigenvalue weighted by Gasteiger charge is 2.22. The van der Waals surface area contributed by atoms with Gasteiger partial charge in [0.15, 0.2) is 0 Å². The summed E-state index contributed by atoms with van der Waals surface area (Å²) in [6.07, 6.45) is 32.5. The summed E-state index contributed by atoms with van der Waals surface area (Å²) >= 11 is 0. The molecular formula is C36H71N2O6P. The fourth-order valence-electron chi connectivity index (χ4n) is 4.98. The number of hydrogen-bond acceptors (Lipinski definition) is 6. The summed E-state index contributed by atoms with van der Waals surface area (Å²) in [6.45, 7) is 4.24. The van der Waals surface area contributed by atoms with Crippen LogP contribution in [0.5, 0.6) is 0 Å². The summed E-state index contributed by atoms with van der Waals surface area (Å²) in [5, 5.41) is 13.3. The molecule has 1 amide bonds. The molecule has 8 nitrogen and oxygen atoms in total. The van der Waals surface area contributed by atoms with E-state index >= 15 is 0 Å². The number of likely N-dealkylation sites (N-methyl/N-ethyl adjacent to an activating group) is 1. The number of phosphoric ester groups is 1. The molecule has 0 aromatic rings. The maximum absolute atomic E-state index is 12.2. The molecule has 0 aromatic heterocycles. The first-order valence-corrected chi connectivity index (χ1v) is 19.7. The highest BCUT2D eigenvalue weighted by Crippen LogP contribution is 2.38. The van der Waals surface area contributed by atoms with Gasteiger partial charge in [-0.3, -0.25) is 9.36 Å². The largest absolute Gasteiger partial charge is 0.756 e. The lowest BCUT2D eigenvalue weighted by Crippen LogP contribution is -2.45. The predicted octanol–water partition coefficient (Wildman–Crippen LogP) is 8.38. The number of carbonyl (C=O) groups excluding carboxylic acids is 1. The van der Waals surface area contributed by atoms with Crippen LogP contribution < -0.4 is 10.2 Å². The first kappa shape index (κ1) is 44.0. The number of unbranched alkanes of at least 4 members (excludes halogenated alkanes) is 17. The number of hydrogen-bond donors (Lipinski definition) is 2. The lowest BCUT2D eigenvalue weighted by atomic mass is 10.0. The highest BCUT2D eigenvalue weighted by atomic mass is 31.2. The minimum absolute atomic E-state index is 0.00735. The molecule has 0 aliphatic rings. The number of allylic oxidation sites excluding steroid dienone is 3. The third-order valence-corrected chi connectivity index (χ3v) is 8.85. The van der Waals surface area contributed by atoms with Crippen LogP contribution in [0.4, 0.5) is 0 Å². The fraction of sp³-hybridized carbons (Fsp3) is 0.861. The van der Waals surface area contributed by atoms with Gasteiger partial charge in [-0.25, -0.2) is 0 Å². The number of carbonyl (C=O) groups is 1. The Morgan fingerprint density at radius 1 is 0.756 bits per heavy atom. The zero-order valence-electron chi connectivity index (χ0n) is 29.8. The van der Waals surface area contributed by atoms with E-state index in [-0.39, 0.29) is 18.9 Å². The van der Waals surface area contributed by atoms with Crippen molar-refractivity contribution < 1.29 is 32.9 Å². The van der Waals surface area contributed by atoms with Crippen molar-refractivity contribution in [2.24, 2.45) is 0 Å². The van der Waals surface area contributed by atoms with Crippen molar-refractivity contribution in [1.29, 1.82) is 0 Å². The maximum atomic E-state index is 12.2. The third-order valence-electron chi connectivity index (χ3n) is 7.88. The van der Waals surface area contributed by atoms with Crippen molar-refractivity contribution in [1.82, 2.24) is 5.32 Å². The molecule has 0 heterocycles. The van der Waals surface area contributed by atoms with E-state index in [1.807, 2.05) is 34.1 Å². The molecule has 0 aromatic carbocycles. The van der Waals surface area contributed by atoms with Gasteiger partial charge >= 0.3 is 0 Å². The van der Waals surface area contributed by atoms with Gasteiger partial charge in [0.2, 0.25) is 5.91 Å². The third kappa shape index (κ3) is 31.4. The van der Waals surface area contributed by atoms with Crippen LogP contribution in [0.15, 0.2) is 24.3 Å². The van der Waals surface area contributed by atoms with Gasteiger partial charge in [0.1, 0.15) is 13.2 Å². The fourth-order valence-corrected chi connectivity index (χ4v) is 5.70. The van der Waals surface area contributed by atoms with E-state index in [4.69, 9.17) is 9.05 Å². The van der Waals surface area contributed by atoms with Gasteiger partial charge in [-0.15, -0.1) is 0 Å². The zero-order valence-corrected chi connectivity index (χ0v) is 30.7. The smallest absolute Gasteiger partial charge is 0.268 e. The lowest BCUT2D eigenvalue weighted by Gasteiger charge is -2.29. The standard InChI is InChI=1S/C36H71N2O6P/c1-6-8-9-10-11-12-13-14-15-16-17-18-19-20-21-22-23-24-25-26-27-28-30-35(39)34(37-36(40)29-7-2)33-44-45(41,42)43-32-31-38(3,4)5/h24-25,28,30,34-35,39H,6-23,26-27,29,31-33H2,1-5H3,(H-,37,40,41,42)/b25-24+,30-28+. The second-order valence-electron chi connectivity index (χ2n) is 13.6. The summed E-state index contributed by atoms with van der Waals surface area (Å²) in [7, 11) is 1.23. The molecule has 0 fully saturated rings. The van der Waals surface area contributed by atoms with E-state index in [1.54, 1.807) is 6.08 Å². The van der Waals surface area contributed by atoms with E-state index in [0.717, 1.165) is 19.3 Å². The van der Waals surface area contributed by atoms with Crippen molar-refractivity contribution in [3.8, 4) is 0 Å². The molecule has 3 atom stereocenters. The van der Waals surface area contributed by atoms with Crippen LogP contribution in [0.2, 0.25) is 0 Å². The average Bonchev–Trinajstić information content (AvgIpc) is 2.97. The Morgan fingerprint density at radius 2 is 1.24 bits per heavy atom. The number of nitrogens with one attached hydrogen (secondary N) is 1. The van der Waals surface area contributed by atoms with Gasteiger partial charge in [-0.1, -0.05) is 134 Å². The van der Waals surface area contributed by atoms with Crippen LogP contribution in [-0.2, 0) is 18.4 Å². The molecule has 9 heteroatoms. The van der Waals surface area contributed by atoms with Crippen molar-refractivity contribution in [3.05, 3.63) is 24.3 Å². The van der Waals surface area contributed by atoms with E-state index in [1.165, 1.54) is 103 Å². The number of phosphoric acid groups is 1. The molecule has 0 bridgehead atoms. The second-order valence-corrected chi connectivity index (χ2v) is 15.0. The van der Waals surface area contributed by atoms with E-state index in [0.29, 0.717) is 17.4 Å². The lowest BCUT2D eigenvalue weighted by molar-refractivity contribution is -0.870. The molecule has 3 unspecified atom stereocenters. The van der Waals surface area contributed by atoms with Crippen LogP contribution in [0, 0.1) is 0 Å². The molecule has 0 aliphatic heterocycles. The first-order chi connectivity index (χ1) is 21.5. The van der Waals surface area contributed by atoms with Crippen LogP contribution in [0.3, 0.4) is 0 Å². The molecule has 0 aliphatic carbocycles. The molecule has 2 N–H and O–H groups in total. The molecule has 0 saturated carbocycles. The Labute approximate surface area is 277 Å². The van der Waals surface area contributed by atoms with Crippen LogP contribution >= 0.6 is 7.82 Å². The Balaban J connectivity index is 4.04. The minimum Gasteiger partial charge on any atom is -0.756 e. The normalized spacial score (nSPS) is 15.1. The van der Waals surface area contributed by atoms with E-state index in [9.17, 15) is 19.4 Å². The van der Waals surface area contributed by atoms with Crippen molar-refractivity contribution >= 4 is 13.7 Å². The van der Waals surface area contributed by atoms with Crippen LogP contribution in [0.1, 0.15) is 149 Å². The molecular weight excluding hydrogens is 587 g/mol.